The topological polar surface area (TPSA) is 56.7 Å². The average Bonchev–Trinajstić information content (AvgIpc) is 2.75. The summed E-state index contributed by atoms with van der Waals surface area (Å²) in [6.07, 6.45) is 1.67. The molecule has 0 fully saturated rings. The molecular weight excluding hydrogens is 255 g/mol. The van der Waals surface area contributed by atoms with Gasteiger partial charge in [-0.3, -0.25) is 0 Å². The Kier molecular flexibility index (Phi) is 2.95. The van der Waals surface area contributed by atoms with E-state index in [-0.39, 0.29) is 5.82 Å². The predicted molar refractivity (Wildman–Crippen MR) is 75.9 cm³/mol. The fraction of sp³-hybridized carbons (Fsp3) is 0.0667. The van der Waals surface area contributed by atoms with Crippen molar-refractivity contribution >= 4 is 5.82 Å². The number of nitrogen functional groups attached to an aromatic ring is 1. The lowest BCUT2D eigenvalue weighted by Crippen LogP contribution is -2.03. The van der Waals surface area contributed by atoms with Gasteiger partial charge in [-0.2, -0.15) is 9.78 Å². The van der Waals surface area contributed by atoms with Crippen molar-refractivity contribution in [2.45, 2.75) is 6.92 Å². The maximum absolute atomic E-state index is 13.4. The van der Waals surface area contributed by atoms with Crippen LogP contribution in [0, 0.1) is 12.7 Å². The molecule has 3 aromatic rings. The first-order valence-corrected chi connectivity index (χ1v) is 6.19. The molecule has 0 radical (unpaired) electrons. The van der Waals surface area contributed by atoms with Crippen molar-refractivity contribution in [1.82, 2.24) is 14.8 Å². The zero-order valence-electron chi connectivity index (χ0n) is 10.9. The molecule has 0 unspecified atom stereocenters. The molecule has 0 bridgehead atoms. The second kappa shape index (κ2) is 4.77. The zero-order chi connectivity index (χ0) is 14.1. The van der Waals surface area contributed by atoms with E-state index in [0.29, 0.717) is 17.2 Å². The molecule has 0 spiro atoms. The minimum Gasteiger partial charge on any atom is -0.383 e. The lowest BCUT2D eigenvalue weighted by Gasteiger charge is -2.04. The summed E-state index contributed by atoms with van der Waals surface area (Å²) in [4.78, 5) is 4.22. The Labute approximate surface area is 115 Å². The molecular formula is C15H13FN4. The zero-order valence-corrected chi connectivity index (χ0v) is 10.9. The van der Waals surface area contributed by atoms with Gasteiger partial charge in [-0.25, -0.2) is 9.37 Å². The van der Waals surface area contributed by atoms with Crippen LogP contribution in [0.4, 0.5) is 10.2 Å². The summed E-state index contributed by atoms with van der Waals surface area (Å²) < 4.78 is 14.9. The average molecular weight is 268 g/mol. The number of benzene rings is 1. The highest BCUT2D eigenvalue weighted by molar-refractivity contribution is 5.77. The molecule has 1 aromatic carbocycles. The smallest absolute Gasteiger partial charge is 0.155 e. The summed E-state index contributed by atoms with van der Waals surface area (Å²) in [6, 6.07) is 11.8. The van der Waals surface area contributed by atoms with Gasteiger partial charge in [-0.15, -0.1) is 0 Å². The molecule has 2 heterocycles. The summed E-state index contributed by atoms with van der Waals surface area (Å²) in [5.41, 5.74) is 8.33. The molecule has 100 valence electrons. The number of rotatable bonds is 2. The number of anilines is 1. The van der Waals surface area contributed by atoms with Crippen molar-refractivity contribution < 1.29 is 4.39 Å². The van der Waals surface area contributed by atoms with Crippen LogP contribution in [0.15, 0.2) is 48.7 Å². The Hall–Kier alpha value is -2.69. The predicted octanol–water partition coefficient (Wildman–Crippen LogP) is 2.96. The molecule has 2 aromatic heterocycles. The van der Waals surface area contributed by atoms with E-state index in [1.807, 2.05) is 31.2 Å². The Morgan fingerprint density at radius 2 is 2.00 bits per heavy atom. The van der Waals surface area contributed by atoms with Crippen LogP contribution in [-0.4, -0.2) is 14.8 Å². The van der Waals surface area contributed by atoms with Crippen LogP contribution in [0.2, 0.25) is 0 Å². The van der Waals surface area contributed by atoms with E-state index in [9.17, 15) is 4.39 Å². The SMILES string of the molecule is Cc1nn(-c2ccccn2)c(N)c1-c1cccc(F)c1. The maximum Gasteiger partial charge on any atom is 0.155 e. The van der Waals surface area contributed by atoms with Gasteiger partial charge in [0.1, 0.15) is 11.6 Å². The van der Waals surface area contributed by atoms with Gasteiger partial charge < -0.3 is 5.73 Å². The Bertz CT molecular complexity index is 750. The second-order valence-electron chi connectivity index (χ2n) is 4.46. The number of hydrogen-bond donors (Lipinski definition) is 1. The standard InChI is InChI=1S/C15H13FN4/c1-10-14(11-5-4-6-12(16)9-11)15(17)20(19-10)13-7-2-3-8-18-13/h2-9H,17H2,1H3. The van der Waals surface area contributed by atoms with E-state index >= 15 is 0 Å². The van der Waals surface area contributed by atoms with Crippen LogP contribution in [0.5, 0.6) is 0 Å². The van der Waals surface area contributed by atoms with Crippen LogP contribution in [-0.2, 0) is 0 Å². The Morgan fingerprint density at radius 1 is 1.15 bits per heavy atom. The quantitative estimate of drug-likeness (QED) is 0.777. The fourth-order valence-electron chi connectivity index (χ4n) is 2.20. The van der Waals surface area contributed by atoms with Gasteiger partial charge in [0.25, 0.3) is 0 Å². The van der Waals surface area contributed by atoms with Crippen molar-refractivity contribution in [3.05, 3.63) is 60.2 Å². The highest BCUT2D eigenvalue weighted by Gasteiger charge is 2.16. The van der Waals surface area contributed by atoms with Gasteiger partial charge in [0.05, 0.1) is 5.69 Å². The number of pyridine rings is 1. The lowest BCUT2D eigenvalue weighted by atomic mass is 10.1. The van der Waals surface area contributed by atoms with Crippen LogP contribution < -0.4 is 5.73 Å². The van der Waals surface area contributed by atoms with Gasteiger partial charge in [-0.1, -0.05) is 18.2 Å². The number of nitrogens with zero attached hydrogens (tertiary/aromatic N) is 3. The summed E-state index contributed by atoms with van der Waals surface area (Å²) in [7, 11) is 0. The summed E-state index contributed by atoms with van der Waals surface area (Å²) in [5.74, 6) is 0.787. The van der Waals surface area contributed by atoms with Crippen molar-refractivity contribution in [2.75, 3.05) is 5.73 Å². The van der Waals surface area contributed by atoms with Crippen LogP contribution >= 0.6 is 0 Å². The van der Waals surface area contributed by atoms with Gasteiger partial charge in [-0.05, 0) is 36.8 Å². The van der Waals surface area contributed by atoms with E-state index in [4.69, 9.17) is 5.73 Å². The molecule has 0 amide bonds. The molecule has 0 saturated heterocycles. The first-order chi connectivity index (χ1) is 9.66. The molecule has 2 N–H and O–H groups in total. The molecule has 0 aliphatic carbocycles. The van der Waals surface area contributed by atoms with E-state index in [1.165, 1.54) is 12.1 Å². The minimum atomic E-state index is -0.299. The van der Waals surface area contributed by atoms with Gasteiger partial charge in [0.15, 0.2) is 5.82 Å². The molecule has 0 saturated carbocycles. The van der Waals surface area contributed by atoms with E-state index in [0.717, 1.165) is 11.3 Å². The van der Waals surface area contributed by atoms with Gasteiger partial charge in [0, 0.05) is 11.8 Å². The summed E-state index contributed by atoms with van der Waals surface area (Å²) >= 11 is 0. The summed E-state index contributed by atoms with van der Waals surface area (Å²) in [5, 5.41) is 4.39. The molecule has 20 heavy (non-hydrogen) atoms. The number of hydrogen-bond acceptors (Lipinski definition) is 3. The number of nitrogens with two attached hydrogens (primary N) is 1. The van der Waals surface area contributed by atoms with Crippen molar-refractivity contribution in [3.8, 4) is 16.9 Å². The second-order valence-corrected chi connectivity index (χ2v) is 4.46. The van der Waals surface area contributed by atoms with Crippen molar-refractivity contribution in [1.29, 1.82) is 0 Å². The number of aryl methyl sites for hydroxylation is 1. The number of halogens is 1. The van der Waals surface area contributed by atoms with Crippen LogP contribution in [0.3, 0.4) is 0 Å². The maximum atomic E-state index is 13.4. The van der Waals surface area contributed by atoms with Crippen molar-refractivity contribution in [3.63, 3.8) is 0 Å². The van der Waals surface area contributed by atoms with E-state index in [2.05, 4.69) is 10.1 Å². The van der Waals surface area contributed by atoms with E-state index in [1.54, 1.807) is 16.9 Å². The van der Waals surface area contributed by atoms with Crippen LogP contribution in [0.25, 0.3) is 16.9 Å². The summed E-state index contributed by atoms with van der Waals surface area (Å²) in [6.45, 7) is 1.84. The molecule has 3 rings (SSSR count). The molecule has 0 aliphatic heterocycles. The Balaban J connectivity index is 2.17. The van der Waals surface area contributed by atoms with Crippen LogP contribution in [0.1, 0.15) is 5.69 Å². The number of aromatic nitrogens is 3. The third-order valence-corrected chi connectivity index (χ3v) is 3.08. The third kappa shape index (κ3) is 2.03. The fourth-order valence-corrected chi connectivity index (χ4v) is 2.20. The first kappa shape index (κ1) is 12.3. The van der Waals surface area contributed by atoms with E-state index < -0.39 is 0 Å². The highest BCUT2D eigenvalue weighted by Crippen LogP contribution is 2.30. The third-order valence-electron chi connectivity index (χ3n) is 3.08. The molecule has 5 heteroatoms. The van der Waals surface area contributed by atoms with Gasteiger partial charge >= 0.3 is 0 Å². The normalized spacial score (nSPS) is 10.7. The van der Waals surface area contributed by atoms with Crippen molar-refractivity contribution in [2.24, 2.45) is 0 Å². The molecule has 0 aliphatic rings. The highest BCUT2D eigenvalue weighted by atomic mass is 19.1. The lowest BCUT2D eigenvalue weighted by molar-refractivity contribution is 0.628. The minimum absolute atomic E-state index is 0.299. The molecule has 0 atom stereocenters. The first-order valence-electron chi connectivity index (χ1n) is 6.19. The largest absolute Gasteiger partial charge is 0.383 e. The monoisotopic (exact) mass is 268 g/mol. The Morgan fingerprint density at radius 3 is 2.70 bits per heavy atom. The molecule has 4 nitrogen and oxygen atoms in total. The van der Waals surface area contributed by atoms with Gasteiger partial charge in [0.2, 0.25) is 0 Å².